The minimum Gasteiger partial charge on any atom is -0.0965 e. The first-order valence-electron chi connectivity index (χ1n) is 18.8. The number of unbranched alkanes of at least 4 members (excludes halogenated alkanes) is 22. The zero-order chi connectivity index (χ0) is 29.8. The highest BCUT2D eigenvalue weighted by Crippen LogP contribution is 2.37. The largest absolute Gasteiger partial charge is 0.244 e. The zero-order valence-corrected chi connectivity index (χ0v) is 28.2. The standard InChI is InChI=1S/C40H69N2/c1-3-5-7-9-11-13-15-17-19-21-23-28-32-38(36-37-30-26-25-27-31-37)39(40-41-34-35-42-40)33-29-24-22-20-18-16-14-12-10-8-6-4-2/h25-27,30-31,34-35,38-39H,3-24,28-29,32-33,36H2,1-2H3/q+1. The molecule has 1 heterocycles. The Balaban J connectivity index is 1.70. The molecular formula is C40H69N2+. The van der Waals surface area contributed by atoms with Crippen molar-refractivity contribution in [1.82, 2.24) is 0 Å². The molecule has 0 saturated carbocycles. The molecule has 2 rings (SSSR count). The van der Waals surface area contributed by atoms with Crippen molar-refractivity contribution < 1.29 is 0 Å². The molecule has 2 heteroatoms. The molecule has 0 radical (unpaired) electrons. The third-order valence-corrected chi connectivity index (χ3v) is 9.52. The number of aliphatic imine (C=N–C) groups is 2. The van der Waals surface area contributed by atoms with Gasteiger partial charge in [0, 0.05) is 0 Å². The lowest BCUT2D eigenvalue weighted by atomic mass is 9.78. The second-order valence-electron chi connectivity index (χ2n) is 13.3. The molecule has 2 nitrogen and oxygen atoms in total. The van der Waals surface area contributed by atoms with Crippen LogP contribution in [0.15, 0.2) is 40.3 Å². The molecule has 1 aliphatic rings. The van der Waals surface area contributed by atoms with Crippen molar-refractivity contribution in [2.45, 2.75) is 187 Å². The first-order valence-corrected chi connectivity index (χ1v) is 18.8. The lowest BCUT2D eigenvalue weighted by molar-refractivity contribution is 0.284. The van der Waals surface area contributed by atoms with Crippen LogP contribution in [0.3, 0.4) is 0 Å². The summed E-state index contributed by atoms with van der Waals surface area (Å²) in [5.41, 5.74) is 1.48. The Morgan fingerprint density at radius 1 is 0.476 bits per heavy atom. The topological polar surface area (TPSA) is 24.7 Å². The van der Waals surface area contributed by atoms with Crippen molar-refractivity contribution in [2.75, 3.05) is 0 Å². The summed E-state index contributed by atoms with van der Waals surface area (Å²) in [4.78, 5) is 9.51. The van der Waals surface area contributed by atoms with E-state index in [2.05, 4.69) is 44.2 Å². The predicted octanol–water partition coefficient (Wildman–Crippen LogP) is 13.3. The summed E-state index contributed by atoms with van der Waals surface area (Å²) in [6, 6.07) is 11.2. The van der Waals surface area contributed by atoms with Crippen LogP contribution in [0.2, 0.25) is 0 Å². The number of rotatable bonds is 30. The smallest absolute Gasteiger partial charge is 0.0965 e. The SMILES string of the molecule is CCCCCCCCCCCCCCC(Cc1ccccc1)C(CCCCCCCCCCCCCC)[C+]1N=CC=N1. The Hall–Kier alpha value is -1.57. The second-order valence-corrected chi connectivity index (χ2v) is 13.3. The number of benzene rings is 1. The van der Waals surface area contributed by atoms with Gasteiger partial charge in [-0.05, 0) is 30.7 Å². The van der Waals surface area contributed by atoms with E-state index in [0.717, 1.165) is 12.6 Å². The maximum absolute atomic E-state index is 4.75. The molecule has 2 atom stereocenters. The summed E-state index contributed by atoms with van der Waals surface area (Å²) >= 11 is 0. The Labute approximate surface area is 263 Å². The van der Waals surface area contributed by atoms with Gasteiger partial charge in [-0.25, -0.2) is 0 Å². The predicted molar refractivity (Wildman–Crippen MR) is 189 cm³/mol. The Morgan fingerprint density at radius 3 is 1.29 bits per heavy atom. The van der Waals surface area contributed by atoms with E-state index >= 15 is 0 Å². The van der Waals surface area contributed by atoms with Crippen LogP contribution >= 0.6 is 0 Å². The van der Waals surface area contributed by atoms with E-state index < -0.39 is 0 Å². The van der Waals surface area contributed by atoms with E-state index in [4.69, 9.17) is 9.98 Å². The molecular weight excluding hydrogens is 508 g/mol. The van der Waals surface area contributed by atoms with Crippen LogP contribution in [0.5, 0.6) is 0 Å². The van der Waals surface area contributed by atoms with Crippen molar-refractivity contribution in [3.8, 4) is 0 Å². The second kappa shape index (κ2) is 27.0. The van der Waals surface area contributed by atoms with Gasteiger partial charge in [0.25, 0.3) is 0 Å². The number of nitrogens with zero attached hydrogens (tertiary/aromatic N) is 2. The van der Waals surface area contributed by atoms with Gasteiger partial charge in [-0.1, -0.05) is 208 Å². The molecule has 0 spiro atoms. The van der Waals surface area contributed by atoms with E-state index in [-0.39, 0.29) is 0 Å². The van der Waals surface area contributed by atoms with Crippen LogP contribution in [0.25, 0.3) is 0 Å². The maximum Gasteiger partial charge on any atom is 0.244 e. The Bertz CT molecular complexity index is 742. The molecule has 42 heavy (non-hydrogen) atoms. The van der Waals surface area contributed by atoms with Crippen LogP contribution < -0.4 is 0 Å². The maximum atomic E-state index is 4.75. The molecule has 2 unspecified atom stereocenters. The summed E-state index contributed by atoms with van der Waals surface area (Å²) in [6.07, 6.45) is 42.6. The Morgan fingerprint density at radius 2 is 0.857 bits per heavy atom. The molecule has 0 fully saturated rings. The summed E-state index contributed by atoms with van der Waals surface area (Å²) in [7, 11) is 0. The van der Waals surface area contributed by atoms with Crippen LogP contribution in [0.4, 0.5) is 0 Å². The van der Waals surface area contributed by atoms with Gasteiger partial charge in [0.15, 0.2) is 12.4 Å². The summed E-state index contributed by atoms with van der Waals surface area (Å²) in [5, 5.41) is 0. The molecule has 1 aromatic rings. The quantitative estimate of drug-likeness (QED) is 0.0641. The summed E-state index contributed by atoms with van der Waals surface area (Å²) in [5.74, 6) is 1.14. The normalized spacial score (nSPS) is 14.2. The fourth-order valence-corrected chi connectivity index (χ4v) is 6.83. The first-order chi connectivity index (χ1) is 20.8. The third kappa shape index (κ3) is 18.9. The fraction of sp³-hybridized carbons (Fsp3) is 0.775. The number of hydrogen-bond donors (Lipinski definition) is 0. The fourth-order valence-electron chi connectivity index (χ4n) is 6.83. The molecule has 238 valence electrons. The summed E-state index contributed by atoms with van der Waals surface area (Å²) < 4.78 is 0. The lowest BCUT2D eigenvalue weighted by Gasteiger charge is -2.26. The Kier molecular flexibility index (Phi) is 23.6. The molecule has 0 saturated heterocycles. The van der Waals surface area contributed by atoms with Gasteiger partial charge >= 0.3 is 0 Å². The van der Waals surface area contributed by atoms with Crippen molar-refractivity contribution in [3.05, 3.63) is 42.1 Å². The van der Waals surface area contributed by atoms with E-state index in [1.54, 1.807) is 0 Å². The third-order valence-electron chi connectivity index (χ3n) is 9.52. The van der Waals surface area contributed by atoms with Crippen LogP contribution in [-0.4, -0.2) is 12.4 Å². The van der Waals surface area contributed by atoms with Gasteiger partial charge in [0.2, 0.25) is 6.17 Å². The van der Waals surface area contributed by atoms with E-state index in [0.29, 0.717) is 11.8 Å². The van der Waals surface area contributed by atoms with Gasteiger partial charge in [-0.15, -0.1) is 0 Å². The van der Waals surface area contributed by atoms with Gasteiger partial charge < -0.3 is 0 Å². The molecule has 0 N–H and O–H groups in total. The zero-order valence-electron chi connectivity index (χ0n) is 28.2. The molecule has 0 aliphatic carbocycles. The summed E-state index contributed by atoms with van der Waals surface area (Å²) in [6.45, 7) is 4.61. The first kappa shape index (κ1) is 36.6. The molecule has 0 bridgehead atoms. The van der Waals surface area contributed by atoms with Crippen LogP contribution in [-0.2, 0) is 6.42 Å². The van der Waals surface area contributed by atoms with Gasteiger partial charge in [0.05, 0.1) is 5.92 Å². The average Bonchev–Trinajstić information content (AvgIpc) is 3.55. The minimum absolute atomic E-state index is 0.496. The molecule has 0 aromatic heterocycles. The highest BCUT2D eigenvalue weighted by molar-refractivity contribution is 6.18. The van der Waals surface area contributed by atoms with Crippen LogP contribution in [0.1, 0.15) is 186 Å². The van der Waals surface area contributed by atoms with Crippen molar-refractivity contribution in [3.63, 3.8) is 0 Å². The van der Waals surface area contributed by atoms with Gasteiger partial charge in [-0.3, -0.25) is 0 Å². The average molecular weight is 578 g/mol. The van der Waals surface area contributed by atoms with Gasteiger partial charge in [-0.2, -0.15) is 0 Å². The minimum atomic E-state index is 0.496. The number of hydrogen-bond acceptors (Lipinski definition) is 2. The highest BCUT2D eigenvalue weighted by Gasteiger charge is 2.35. The van der Waals surface area contributed by atoms with E-state index in [9.17, 15) is 0 Å². The molecule has 0 amide bonds. The van der Waals surface area contributed by atoms with Crippen molar-refractivity contribution >= 4 is 12.4 Å². The van der Waals surface area contributed by atoms with Crippen molar-refractivity contribution in [2.24, 2.45) is 21.8 Å². The molecule has 1 aromatic carbocycles. The molecule has 1 aliphatic heterocycles. The van der Waals surface area contributed by atoms with Crippen LogP contribution in [0, 0.1) is 18.0 Å². The lowest BCUT2D eigenvalue weighted by Crippen LogP contribution is -2.22. The van der Waals surface area contributed by atoms with E-state index in [1.807, 2.05) is 12.4 Å². The highest BCUT2D eigenvalue weighted by atomic mass is 15.0. The monoisotopic (exact) mass is 578 g/mol. The van der Waals surface area contributed by atoms with Crippen molar-refractivity contribution in [1.29, 1.82) is 0 Å². The van der Waals surface area contributed by atoms with Gasteiger partial charge in [0.1, 0.15) is 0 Å². The van der Waals surface area contributed by atoms with E-state index in [1.165, 1.54) is 173 Å².